The van der Waals surface area contributed by atoms with Gasteiger partial charge >= 0.3 is 0 Å². The molecule has 3 N–H and O–H groups in total. The summed E-state index contributed by atoms with van der Waals surface area (Å²) in [5.41, 5.74) is 5.79. The largest absolute Gasteiger partial charge is 0.354 e. The molecule has 1 aromatic carbocycles. The van der Waals surface area contributed by atoms with Gasteiger partial charge in [-0.3, -0.25) is 14.3 Å². The molecule has 3 aromatic rings. The highest BCUT2D eigenvalue weighted by Crippen LogP contribution is 2.42. The number of rotatable bonds is 9. The van der Waals surface area contributed by atoms with E-state index in [1.165, 1.54) is 24.6 Å². The van der Waals surface area contributed by atoms with Crippen LogP contribution in [-0.2, 0) is 11.9 Å². The number of benzene rings is 1. The lowest BCUT2D eigenvalue weighted by Gasteiger charge is -2.16. The molecular formula is C22H26N6O2S. The van der Waals surface area contributed by atoms with Crippen LogP contribution in [-0.4, -0.2) is 33.5 Å². The fraction of sp³-hybridized carbons (Fsp3) is 0.318. The first-order valence-electron chi connectivity index (χ1n) is 10.2. The molecule has 1 fully saturated rings. The molecule has 2 heterocycles. The Morgan fingerprint density at radius 3 is 2.74 bits per heavy atom. The number of aromatic nitrogens is 3. The third-order valence-electron chi connectivity index (χ3n) is 5.08. The SMILES string of the molecule is CCONC(=O)c1cnc(Nc2ccnn2C)cc1Nc1ccc(C2CC2)cc1SC. The quantitative estimate of drug-likeness (QED) is 0.332. The third kappa shape index (κ3) is 5.00. The Morgan fingerprint density at radius 1 is 1.23 bits per heavy atom. The van der Waals surface area contributed by atoms with Crippen molar-refractivity contribution in [2.45, 2.75) is 30.6 Å². The Hall–Kier alpha value is -3.04. The average Bonchev–Trinajstić information content (AvgIpc) is 3.55. The van der Waals surface area contributed by atoms with Crippen LogP contribution in [0.5, 0.6) is 0 Å². The molecule has 162 valence electrons. The summed E-state index contributed by atoms with van der Waals surface area (Å²) in [6.45, 7) is 2.19. The van der Waals surface area contributed by atoms with Crippen molar-refractivity contribution >= 4 is 40.7 Å². The second kappa shape index (κ2) is 9.40. The summed E-state index contributed by atoms with van der Waals surface area (Å²) in [5.74, 6) is 1.72. The molecule has 0 spiro atoms. The van der Waals surface area contributed by atoms with Crippen LogP contribution in [0.4, 0.5) is 23.0 Å². The summed E-state index contributed by atoms with van der Waals surface area (Å²) in [6, 6.07) is 10.1. The highest BCUT2D eigenvalue weighted by atomic mass is 32.2. The zero-order valence-corrected chi connectivity index (χ0v) is 18.6. The number of aryl methyl sites for hydroxylation is 1. The Morgan fingerprint density at radius 2 is 2.06 bits per heavy atom. The molecular weight excluding hydrogens is 412 g/mol. The van der Waals surface area contributed by atoms with Gasteiger partial charge in [0.2, 0.25) is 0 Å². The highest BCUT2D eigenvalue weighted by molar-refractivity contribution is 7.98. The maximum absolute atomic E-state index is 12.6. The van der Waals surface area contributed by atoms with E-state index in [0.29, 0.717) is 29.6 Å². The van der Waals surface area contributed by atoms with E-state index in [1.807, 2.05) is 26.1 Å². The molecule has 4 rings (SSSR count). The predicted molar refractivity (Wildman–Crippen MR) is 123 cm³/mol. The molecule has 31 heavy (non-hydrogen) atoms. The minimum absolute atomic E-state index is 0.357. The molecule has 2 aromatic heterocycles. The summed E-state index contributed by atoms with van der Waals surface area (Å²) in [5, 5.41) is 10.8. The first-order chi connectivity index (χ1) is 15.1. The summed E-state index contributed by atoms with van der Waals surface area (Å²) in [6.07, 6.45) is 7.82. The van der Waals surface area contributed by atoms with Crippen LogP contribution in [0, 0.1) is 0 Å². The summed E-state index contributed by atoms with van der Waals surface area (Å²) in [4.78, 5) is 23.3. The van der Waals surface area contributed by atoms with Crippen LogP contribution in [0.3, 0.4) is 0 Å². The number of nitrogens with zero attached hydrogens (tertiary/aromatic N) is 3. The number of nitrogens with one attached hydrogen (secondary N) is 3. The monoisotopic (exact) mass is 438 g/mol. The number of amides is 1. The van der Waals surface area contributed by atoms with Gasteiger partial charge in [-0.2, -0.15) is 5.10 Å². The average molecular weight is 439 g/mol. The maximum atomic E-state index is 12.6. The van der Waals surface area contributed by atoms with Crippen molar-refractivity contribution in [3.05, 3.63) is 53.9 Å². The lowest BCUT2D eigenvalue weighted by molar-refractivity contribution is 0.0365. The molecule has 0 atom stereocenters. The first kappa shape index (κ1) is 21.2. The van der Waals surface area contributed by atoms with Crippen molar-refractivity contribution in [1.82, 2.24) is 20.2 Å². The molecule has 9 heteroatoms. The van der Waals surface area contributed by atoms with E-state index >= 15 is 0 Å². The second-order valence-electron chi connectivity index (χ2n) is 7.30. The topological polar surface area (TPSA) is 93.1 Å². The standard InChI is InChI=1S/C22H26N6O2S/c1-4-30-27-22(29)16-13-23-20(26-21-9-10-24-28(21)2)12-18(16)25-17-8-7-15(14-5-6-14)11-19(17)31-3/h7-14H,4-6H2,1-3H3,(H,27,29)(H2,23,25,26). The van der Waals surface area contributed by atoms with E-state index in [1.54, 1.807) is 22.6 Å². The van der Waals surface area contributed by atoms with Gasteiger partial charge in [0.25, 0.3) is 5.91 Å². The Labute approximate surface area is 185 Å². The molecule has 0 saturated heterocycles. The van der Waals surface area contributed by atoms with Crippen LogP contribution < -0.4 is 16.1 Å². The lowest BCUT2D eigenvalue weighted by Crippen LogP contribution is -2.24. The zero-order chi connectivity index (χ0) is 21.8. The second-order valence-corrected chi connectivity index (χ2v) is 8.15. The van der Waals surface area contributed by atoms with Gasteiger partial charge in [-0.05, 0) is 49.6 Å². The maximum Gasteiger partial charge on any atom is 0.278 e. The smallest absolute Gasteiger partial charge is 0.278 e. The Balaban J connectivity index is 1.66. The molecule has 1 aliphatic carbocycles. The lowest BCUT2D eigenvalue weighted by atomic mass is 10.1. The van der Waals surface area contributed by atoms with E-state index in [-0.39, 0.29) is 5.91 Å². The predicted octanol–water partition coefficient (Wildman–Crippen LogP) is 4.58. The fourth-order valence-corrected chi connectivity index (χ4v) is 3.85. The number of carbonyl (C=O) groups is 1. The van der Waals surface area contributed by atoms with Crippen LogP contribution >= 0.6 is 11.8 Å². The van der Waals surface area contributed by atoms with E-state index in [2.05, 4.69) is 50.7 Å². The number of hydroxylamine groups is 1. The Bertz CT molecular complexity index is 1080. The van der Waals surface area contributed by atoms with Gasteiger partial charge in [-0.1, -0.05) is 6.07 Å². The first-order valence-corrected chi connectivity index (χ1v) is 11.4. The van der Waals surface area contributed by atoms with Gasteiger partial charge in [0.05, 0.1) is 29.7 Å². The molecule has 0 aliphatic heterocycles. The van der Waals surface area contributed by atoms with Crippen molar-refractivity contribution in [3.63, 3.8) is 0 Å². The van der Waals surface area contributed by atoms with Crippen molar-refractivity contribution in [2.75, 3.05) is 23.5 Å². The molecule has 0 bridgehead atoms. The van der Waals surface area contributed by atoms with Crippen LogP contribution in [0.1, 0.15) is 41.6 Å². The van der Waals surface area contributed by atoms with Crippen molar-refractivity contribution in [3.8, 4) is 0 Å². The van der Waals surface area contributed by atoms with E-state index < -0.39 is 0 Å². The summed E-state index contributed by atoms with van der Waals surface area (Å²) >= 11 is 1.68. The molecule has 1 aliphatic rings. The summed E-state index contributed by atoms with van der Waals surface area (Å²) in [7, 11) is 1.84. The van der Waals surface area contributed by atoms with E-state index in [0.717, 1.165) is 16.4 Å². The van der Waals surface area contributed by atoms with Crippen LogP contribution in [0.2, 0.25) is 0 Å². The van der Waals surface area contributed by atoms with Gasteiger partial charge in [0.15, 0.2) is 0 Å². The molecule has 0 radical (unpaired) electrons. The number of thioether (sulfide) groups is 1. The van der Waals surface area contributed by atoms with Crippen LogP contribution in [0.15, 0.2) is 47.6 Å². The van der Waals surface area contributed by atoms with E-state index in [9.17, 15) is 4.79 Å². The number of carbonyl (C=O) groups excluding carboxylic acids is 1. The fourth-order valence-electron chi connectivity index (χ4n) is 3.26. The molecule has 8 nitrogen and oxygen atoms in total. The van der Waals surface area contributed by atoms with Gasteiger partial charge in [-0.25, -0.2) is 10.5 Å². The normalized spacial score (nSPS) is 13.1. The minimum Gasteiger partial charge on any atom is -0.354 e. The van der Waals surface area contributed by atoms with Gasteiger partial charge in [-0.15, -0.1) is 11.8 Å². The Kier molecular flexibility index (Phi) is 6.43. The number of hydrogen-bond acceptors (Lipinski definition) is 7. The molecule has 1 amide bonds. The summed E-state index contributed by atoms with van der Waals surface area (Å²) < 4.78 is 1.72. The van der Waals surface area contributed by atoms with Gasteiger partial charge in [0.1, 0.15) is 11.6 Å². The third-order valence-corrected chi connectivity index (χ3v) is 5.86. The number of hydrogen-bond donors (Lipinski definition) is 3. The molecule has 1 saturated carbocycles. The van der Waals surface area contributed by atoms with Gasteiger partial charge in [0, 0.05) is 30.3 Å². The number of pyridine rings is 1. The van der Waals surface area contributed by atoms with Crippen molar-refractivity contribution < 1.29 is 9.63 Å². The zero-order valence-electron chi connectivity index (χ0n) is 17.8. The van der Waals surface area contributed by atoms with E-state index in [4.69, 9.17) is 4.84 Å². The van der Waals surface area contributed by atoms with Crippen molar-refractivity contribution in [2.24, 2.45) is 7.05 Å². The minimum atomic E-state index is -0.357. The highest BCUT2D eigenvalue weighted by Gasteiger charge is 2.24. The number of anilines is 4. The van der Waals surface area contributed by atoms with Crippen LogP contribution in [0.25, 0.3) is 0 Å². The van der Waals surface area contributed by atoms with Gasteiger partial charge < -0.3 is 10.6 Å². The molecule has 0 unspecified atom stereocenters. The van der Waals surface area contributed by atoms with Crippen molar-refractivity contribution in [1.29, 1.82) is 0 Å².